The van der Waals surface area contributed by atoms with Crippen LogP contribution in [0.25, 0.3) is 0 Å². The third-order valence-corrected chi connectivity index (χ3v) is 3.00. The molecular weight excluding hydrogens is 208 g/mol. The van der Waals surface area contributed by atoms with Crippen LogP contribution < -0.4 is 11.1 Å². The average Bonchev–Trinajstić information content (AvgIpc) is 2.28. The second kappa shape index (κ2) is 4.66. The molecule has 0 heterocycles. The minimum Gasteiger partial charge on any atom is -0.404 e. The maximum atomic E-state index is 5.65. The Morgan fingerprint density at radius 2 is 1.88 bits per heavy atom. The van der Waals surface area contributed by atoms with Gasteiger partial charge in [0.1, 0.15) is 0 Å². The molecule has 1 aliphatic rings. The summed E-state index contributed by atoms with van der Waals surface area (Å²) in [5, 5.41) is 3.47. The maximum absolute atomic E-state index is 5.65. The van der Waals surface area contributed by atoms with Gasteiger partial charge in [0.05, 0.1) is 0 Å². The van der Waals surface area contributed by atoms with Crippen molar-refractivity contribution in [3.8, 4) is 0 Å². The lowest BCUT2D eigenvalue weighted by atomic mass is 9.77. The molecule has 0 radical (unpaired) electrons. The second-order valence-corrected chi connectivity index (χ2v) is 5.42. The van der Waals surface area contributed by atoms with Crippen LogP contribution in [0.5, 0.6) is 0 Å². The van der Waals surface area contributed by atoms with E-state index in [0.29, 0.717) is 0 Å². The van der Waals surface area contributed by atoms with Crippen molar-refractivity contribution >= 4 is 5.69 Å². The van der Waals surface area contributed by atoms with Crippen LogP contribution in [-0.2, 0) is 0 Å². The van der Waals surface area contributed by atoms with Crippen LogP contribution in [0.2, 0.25) is 0 Å². The first kappa shape index (κ1) is 11.8. The number of nitrogens with two attached hydrogens (primary N) is 1. The van der Waals surface area contributed by atoms with Crippen molar-refractivity contribution in [2.45, 2.75) is 26.7 Å². The van der Waals surface area contributed by atoms with E-state index in [9.17, 15) is 0 Å². The number of rotatable bonds is 2. The maximum Gasteiger partial charge on any atom is 0.0381 e. The molecule has 0 fully saturated rings. The molecular formula is C15H20N2. The molecule has 0 unspecified atom stereocenters. The van der Waals surface area contributed by atoms with E-state index in [2.05, 4.69) is 37.4 Å². The zero-order valence-electron chi connectivity index (χ0n) is 10.5. The SMILES string of the molecule is CC1(C)CC(Nc2ccccc2)=C/C(=C/N)C1. The van der Waals surface area contributed by atoms with Crippen LogP contribution in [0.1, 0.15) is 26.7 Å². The summed E-state index contributed by atoms with van der Waals surface area (Å²) in [6.07, 6.45) is 5.98. The predicted molar refractivity (Wildman–Crippen MR) is 73.4 cm³/mol. The van der Waals surface area contributed by atoms with Crippen molar-refractivity contribution in [1.29, 1.82) is 0 Å². The lowest BCUT2D eigenvalue weighted by Crippen LogP contribution is -2.21. The highest BCUT2D eigenvalue weighted by atomic mass is 14.9. The molecule has 0 aromatic heterocycles. The van der Waals surface area contributed by atoms with E-state index < -0.39 is 0 Å². The van der Waals surface area contributed by atoms with Crippen molar-refractivity contribution in [1.82, 2.24) is 0 Å². The highest BCUT2D eigenvalue weighted by Crippen LogP contribution is 2.37. The number of hydrogen-bond acceptors (Lipinski definition) is 2. The van der Waals surface area contributed by atoms with Gasteiger partial charge in [-0.2, -0.15) is 0 Å². The Labute approximate surface area is 103 Å². The molecule has 1 aliphatic carbocycles. The summed E-state index contributed by atoms with van der Waals surface area (Å²) in [5.41, 5.74) is 9.50. The molecule has 0 amide bonds. The fraction of sp³-hybridized carbons (Fsp3) is 0.333. The summed E-state index contributed by atoms with van der Waals surface area (Å²) in [4.78, 5) is 0. The molecule has 0 atom stereocenters. The van der Waals surface area contributed by atoms with Crippen molar-refractivity contribution in [2.24, 2.45) is 11.1 Å². The number of allylic oxidation sites excluding steroid dienone is 3. The number of benzene rings is 1. The standard InChI is InChI=1S/C15H20N2/c1-15(2)9-12(11-16)8-14(10-15)17-13-6-4-3-5-7-13/h3-8,11,17H,9-10,16H2,1-2H3/b12-11-. The fourth-order valence-corrected chi connectivity index (χ4v) is 2.35. The predicted octanol–water partition coefficient (Wildman–Crippen LogP) is 3.65. The summed E-state index contributed by atoms with van der Waals surface area (Å²) in [6, 6.07) is 10.3. The van der Waals surface area contributed by atoms with E-state index in [4.69, 9.17) is 5.73 Å². The third kappa shape index (κ3) is 3.13. The highest BCUT2D eigenvalue weighted by molar-refractivity contribution is 5.50. The summed E-state index contributed by atoms with van der Waals surface area (Å²) in [7, 11) is 0. The van der Waals surface area contributed by atoms with Crippen LogP contribution in [-0.4, -0.2) is 0 Å². The molecule has 0 aliphatic heterocycles. The van der Waals surface area contributed by atoms with Gasteiger partial charge in [0.2, 0.25) is 0 Å². The van der Waals surface area contributed by atoms with Gasteiger partial charge in [-0.1, -0.05) is 32.0 Å². The Bertz CT molecular complexity index is 441. The molecule has 0 saturated carbocycles. The zero-order valence-corrected chi connectivity index (χ0v) is 10.5. The van der Waals surface area contributed by atoms with Gasteiger partial charge in [-0.05, 0) is 48.2 Å². The number of anilines is 1. The Balaban J connectivity index is 2.18. The van der Waals surface area contributed by atoms with E-state index in [1.54, 1.807) is 6.20 Å². The largest absolute Gasteiger partial charge is 0.404 e. The van der Waals surface area contributed by atoms with Gasteiger partial charge in [-0.25, -0.2) is 0 Å². The third-order valence-electron chi connectivity index (χ3n) is 3.00. The zero-order chi connectivity index (χ0) is 12.3. The first-order valence-corrected chi connectivity index (χ1v) is 6.02. The molecule has 0 spiro atoms. The van der Waals surface area contributed by atoms with E-state index in [0.717, 1.165) is 18.5 Å². The van der Waals surface area contributed by atoms with Crippen LogP contribution >= 0.6 is 0 Å². The molecule has 1 aromatic carbocycles. The Morgan fingerprint density at radius 1 is 1.18 bits per heavy atom. The number of hydrogen-bond donors (Lipinski definition) is 2. The minimum atomic E-state index is 0.275. The quantitative estimate of drug-likeness (QED) is 0.811. The molecule has 1 aromatic rings. The molecule has 17 heavy (non-hydrogen) atoms. The summed E-state index contributed by atoms with van der Waals surface area (Å²) >= 11 is 0. The topological polar surface area (TPSA) is 38.0 Å². The lowest BCUT2D eigenvalue weighted by Gasteiger charge is -2.31. The summed E-state index contributed by atoms with van der Waals surface area (Å²) in [6.45, 7) is 4.55. The van der Waals surface area contributed by atoms with Gasteiger partial charge in [0.15, 0.2) is 0 Å². The molecule has 0 saturated heterocycles. The van der Waals surface area contributed by atoms with Crippen LogP contribution in [0.3, 0.4) is 0 Å². The van der Waals surface area contributed by atoms with Gasteiger partial charge in [-0.3, -0.25) is 0 Å². The smallest absolute Gasteiger partial charge is 0.0381 e. The van der Waals surface area contributed by atoms with E-state index in [-0.39, 0.29) is 5.41 Å². The lowest BCUT2D eigenvalue weighted by molar-refractivity contribution is 0.352. The van der Waals surface area contributed by atoms with E-state index in [1.165, 1.54) is 11.3 Å². The van der Waals surface area contributed by atoms with Gasteiger partial charge in [0, 0.05) is 11.4 Å². The molecule has 2 rings (SSSR count). The van der Waals surface area contributed by atoms with Gasteiger partial charge in [-0.15, -0.1) is 0 Å². The van der Waals surface area contributed by atoms with Gasteiger partial charge >= 0.3 is 0 Å². The summed E-state index contributed by atoms with van der Waals surface area (Å²) < 4.78 is 0. The first-order valence-electron chi connectivity index (χ1n) is 6.02. The average molecular weight is 228 g/mol. The van der Waals surface area contributed by atoms with E-state index in [1.807, 2.05) is 18.2 Å². The highest BCUT2D eigenvalue weighted by Gasteiger charge is 2.25. The molecule has 2 nitrogen and oxygen atoms in total. The number of nitrogens with one attached hydrogen (secondary N) is 1. The van der Waals surface area contributed by atoms with Crippen molar-refractivity contribution in [2.75, 3.05) is 5.32 Å². The van der Waals surface area contributed by atoms with Crippen molar-refractivity contribution in [3.05, 3.63) is 53.9 Å². The molecule has 0 bridgehead atoms. The van der Waals surface area contributed by atoms with Crippen molar-refractivity contribution in [3.63, 3.8) is 0 Å². The van der Waals surface area contributed by atoms with Crippen molar-refractivity contribution < 1.29 is 0 Å². The molecule has 3 N–H and O–H groups in total. The first-order chi connectivity index (χ1) is 8.09. The Kier molecular flexibility index (Phi) is 3.23. The monoisotopic (exact) mass is 228 g/mol. The fourth-order valence-electron chi connectivity index (χ4n) is 2.35. The van der Waals surface area contributed by atoms with Crippen LogP contribution in [0.15, 0.2) is 53.9 Å². The normalized spacial score (nSPS) is 21.1. The van der Waals surface area contributed by atoms with Gasteiger partial charge < -0.3 is 11.1 Å². The minimum absolute atomic E-state index is 0.275. The van der Waals surface area contributed by atoms with E-state index >= 15 is 0 Å². The molecule has 90 valence electrons. The molecule has 2 heteroatoms. The summed E-state index contributed by atoms with van der Waals surface area (Å²) in [5.74, 6) is 0. The second-order valence-electron chi connectivity index (χ2n) is 5.42. The number of para-hydroxylation sites is 1. The van der Waals surface area contributed by atoms with Gasteiger partial charge in [0.25, 0.3) is 0 Å². The van der Waals surface area contributed by atoms with Crippen LogP contribution in [0.4, 0.5) is 5.69 Å². The van der Waals surface area contributed by atoms with Crippen LogP contribution in [0, 0.1) is 5.41 Å². The Hall–Kier alpha value is -1.70. The Morgan fingerprint density at radius 3 is 2.53 bits per heavy atom.